The molecule has 2 aromatic carbocycles. The number of aromatic nitrogens is 1. The summed E-state index contributed by atoms with van der Waals surface area (Å²) in [5.41, 5.74) is 2.13. The zero-order chi connectivity index (χ0) is 22.9. The van der Waals surface area contributed by atoms with Crippen molar-refractivity contribution in [2.24, 2.45) is 4.99 Å². The third-order valence-corrected chi connectivity index (χ3v) is 6.54. The molecule has 0 radical (unpaired) electrons. The predicted molar refractivity (Wildman–Crippen MR) is 129 cm³/mol. The van der Waals surface area contributed by atoms with Crippen molar-refractivity contribution in [2.45, 2.75) is 13.0 Å². The van der Waals surface area contributed by atoms with Gasteiger partial charge in [-0.1, -0.05) is 53.3 Å². The van der Waals surface area contributed by atoms with Crippen LogP contribution in [0.1, 0.15) is 24.3 Å². The SMILES string of the molecule is CC1=C(C(=O)Nc2ccccc2)[C@H](c2ccc(Cl)cc2)n2c(s/c(=C\c3ccco3)c2=O)=N1. The highest BCUT2D eigenvalue weighted by Gasteiger charge is 2.32. The molecule has 1 aliphatic rings. The topological polar surface area (TPSA) is 76.6 Å². The average Bonchev–Trinajstić information content (AvgIpc) is 3.42. The Hall–Kier alpha value is -3.68. The molecule has 8 heteroatoms. The number of hydrogen-bond acceptors (Lipinski definition) is 5. The minimum Gasteiger partial charge on any atom is -0.465 e. The molecule has 4 aromatic rings. The van der Waals surface area contributed by atoms with Crippen LogP contribution in [0.15, 0.2) is 98.5 Å². The van der Waals surface area contributed by atoms with Gasteiger partial charge in [-0.3, -0.25) is 14.2 Å². The van der Waals surface area contributed by atoms with E-state index in [-0.39, 0.29) is 11.5 Å². The number of benzene rings is 2. The molecular formula is C25H18ClN3O3S. The van der Waals surface area contributed by atoms with Crippen LogP contribution in [0.5, 0.6) is 0 Å². The summed E-state index contributed by atoms with van der Waals surface area (Å²) < 4.78 is 7.42. The van der Waals surface area contributed by atoms with E-state index in [2.05, 4.69) is 10.3 Å². The average molecular weight is 476 g/mol. The van der Waals surface area contributed by atoms with E-state index >= 15 is 0 Å². The summed E-state index contributed by atoms with van der Waals surface area (Å²) in [5, 5.41) is 3.50. The third-order valence-electron chi connectivity index (χ3n) is 5.30. The summed E-state index contributed by atoms with van der Waals surface area (Å²) >= 11 is 7.37. The largest absolute Gasteiger partial charge is 0.465 e. The molecule has 3 heterocycles. The van der Waals surface area contributed by atoms with Gasteiger partial charge in [0.15, 0.2) is 4.80 Å². The minimum absolute atomic E-state index is 0.243. The maximum Gasteiger partial charge on any atom is 0.271 e. The van der Waals surface area contributed by atoms with Crippen LogP contribution in [-0.2, 0) is 4.79 Å². The van der Waals surface area contributed by atoms with Gasteiger partial charge < -0.3 is 9.73 Å². The van der Waals surface area contributed by atoms with E-state index in [0.717, 1.165) is 5.56 Å². The van der Waals surface area contributed by atoms with Crippen molar-refractivity contribution < 1.29 is 9.21 Å². The van der Waals surface area contributed by atoms with Gasteiger partial charge in [-0.15, -0.1) is 0 Å². The Labute approximate surface area is 197 Å². The van der Waals surface area contributed by atoms with Crippen molar-refractivity contribution >= 4 is 40.6 Å². The molecular weight excluding hydrogens is 458 g/mol. The molecule has 0 aliphatic carbocycles. The highest BCUT2D eigenvalue weighted by atomic mass is 35.5. The first-order valence-corrected chi connectivity index (χ1v) is 11.4. The molecule has 0 unspecified atom stereocenters. The van der Waals surface area contributed by atoms with Crippen molar-refractivity contribution in [1.29, 1.82) is 0 Å². The van der Waals surface area contributed by atoms with Crippen molar-refractivity contribution in [1.82, 2.24) is 4.57 Å². The Morgan fingerprint density at radius 3 is 2.58 bits per heavy atom. The maximum absolute atomic E-state index is 13.5. The summed E-state index contributed by atoms with van der Waals surface area (Å²) in [6.07, 6.45) is 3.24. The van der Waals surface area contributed by atoms with Gasteiger partial charge in [-0.2, -0.15) is 0 Å². The highest BCUT2D eigenvalue weighted by Crippen LogP contribution is 2.31. The lowest BCUT2D eigenvalue weighted by atomic mass is 9.95. The standard InChI is InChI=1S/C25H18ClN3O3S/c1-15-21(23(30)28-18-6-3-2-4-7-18)22(16-9-11-17(26)12-10-16)29-24(31)20(33-25(29)27-15)14-19-8-5-13-32-19/h2-14,22H,1H3,(H,28,30)/b20-14-/t22-/m0/s1. The number of halogens is 1. The first-order valence-electron chi connectivity index (χ1n) is 10.2. The molecule has 0 bridgehead atoms. The zero-order valence-corrected chi connectivity index (χ0v) is 19.1. The number of allylic oxidation sites excluding steroid dienone is 1. The Bertz CT molecular complexity index is 1530. The van der Waals surface area contributed by atoms with E-state index < -0.39 is 6.04 Å². The van der Waals surface area contributed by atoms with Crippen LogP contribution in [0.25, 0.3) is 6.08 Å². The summed E-state index contributed by atoms with van der Waals surface area (Å²) in [7, 11) is 0. The van der Waals surface area contributed by atoms with Gasteiger partial charge in [-0.05, 0) is 48.9 Å². The molecule has 0 saturated carbocycles. The number of fused-ring (bicyclic) bond motifs is 1. The molecule has 2 aromatic heterocycles. The van der Waals surface area contributed by atoms with E-state index in [4.69, 9.17) is 16.0 Å². The van der Waals surface area contributed by atoms with E-state index in [9.17, 15) is 9.59 Å². The molecule has 5 rings (SSSR count). The van der Waals surface area contributed by atoms with E-state index in [0.29, 0.717) is 37.1 Å². The number of anilines is 1. The number of para-hydroxylation sites is 1. The van der Waals surface area contributed by atoms with E-state index in [1.807, 2.05) is 42.5 Å². The number of carbonyl (C=O) groups excluding carboxylic acids is 1. The Balaban J connectivity index is 1.68. The summed E-state index contributed by atoms with van der Waals surface area (Å²) in [4.78, 5) is 32.0. The monoisotopic (exact) mass is 475 g/mol. The van der Waals surface area contributed by atoms with Gasteiger partial charge in [0, 0.05) is 16.8 Å². The predicted octanol–water partition coefficient (Wildman–Crippen LogP) is 4.12. The second kappa shape index (κ2) is 8.69. The number of furan rings is 1. The number of thiazole rings is 1. The lowest BCUT2D eigenvalue weighted by Crippen LogP contribution is -2.40. The number of carbonyl (C=O) groups is 1. The van der Waals surface area contributed by atoms with Gasteiger partial charge in [0.25, 0.3) is 11.5 Å². The van der Waals surface area contributed by atoms with Crippen LogP contribution in [-0.4, -0.2) is 10.5 Å². The number of amides is 1. The third kappa shape index (κ3) is 4.08. The van der Waals surface area contributed by atoms with Crippen LogP contribution >= 0.6 is 22.9 Å². The molecule has 1 atom stereocenters. The van der Waals surface area contributed by atoms with Crippen molar-refractivity contribution in [2.75, 3.05) is 5.32 Å². The minimum atomic E-state index is -0.652. The van der Waals surface area contributed by atoms with Gasteiger partial charge in [0.2, 0.25) is 0 Å². The maximum atomic E-state index is 13.5. The highest BCUT2D eigenvalue weighted by molar-refractivity contribution is 7.07. The quantitative estimate of drug-likeness (QED) is 0.482. The first kappa shape index (κ1) is 21.2. The Kier molecular flexibility index (Phi) is 5.58. The summed E-state index contributed by atoms with van der Waals surface area (Å²) in [6, 6.07) is 19.2. The van der Waals surface area contributed by atoms with Crippen molar-refractivity contribution in [3.05, 3.63) is 120 Å². The molecule has 1 N–H and O–H groups in total. The molecule has 1 amide bonds. The number of nitrogens with one attached hydrogen (secondary N) is 1. The first-order chi connectivity index (χ1) is 16.0. The van der Waals surface area contributed by atoms with E-state index in [1.165, 1.54) is 11.3 Å². The van der Waals surface area contributed by atoms with Gasteiger partial charge in [0.05, 0.1) is 28.1 Å². The van der Waals surface area contributed by atoms with Gasteiger partial charge >= 0.3 is 0 Å². The molecule has 1 aliphatic heterocycles. The van der Waals surface area contributed by atoms with Crippen LogP contribution in [0.2, 0.25) is 5.02 Å². The molecule has 164 valence electrons. The van der Waals surface area contributed by atoms with Gasteiger partial charge in [0.1, 0.15) is 5.76 Å². The zero-order valence-electron chi connectivity index (χ0n) is 17.5. The number of hydrogen-bond donors (Lipinski definition) is 1. The van der Waals surface area contributed by atoms with E-state index in [1.54, 1.807) is 48.1 Å². The second-order valence-electron chi connectivity index (χ2n) is 7.47. The normalized spacial score (nSPS) is 15.8. The van der Waals surface area contributed by atoms with Crippen molar-refractivity contribution in [3.63, 3.8) is 0 Å². The summed E-state index contributed by atoms with van der Waals surface area (Å²) in [6.45, 7) is 1.78. The molecule has 6 nitrogen and oxygen atoms in total. The Morgan fingerprint density at radius 1 is 1.12 bits per heavy atom. The smallest absolute Gasteiger partial charge is 0.271 e. The number of rotatable bonds is 4. The summed E-state index contributed by atoms with van der Waals surface area (Å²) in [5.74, 6) is 0.253. The molecule has 33 heavy (non-hydrogen) atoms. The van der Waals surface area contributed by atoms with Crippen LogP contribution in [0.4, 0.5) is 5.69 Å². The van der Waals surface area contributed by atoms with Crippen LogP contribution in [0.3, 0.4) is 0 Å². The second-order valence-corrected chi connectivity index (χ2v) is 8.91. The molecule has 0 fully saturated rings. The fraction of sp³-hybridized carbons (Fsp3) is 0.0800. The fourth-order valence-electron chi connectivity index (χ4n) is 3.79. The van der Waals surface area contributed by atoms with Gasteiger partial charge in [-0.25, -0.2) is 4.99 Å². The van der Waals surface area contributed by atoms with Crippen LogP contribution < -0.4 is 20.2 Å². The lowest BCUT2D eigenvalue weighted by molar-refractivity contribution is -0.113. The molecule has 0 spiro atoms. The Morgan fingerprint density at radius 2 is 1.88 bits per heavy atom. The number of nitrogens with zero attached hydrogens (tertiary/aromatic N) is 2. The molecule has 0 saturated heterocycles. The van der Waals surface area contributed by atoms with Crippen molar-refractivity contribution in [3.8, 4) is 0 Å². The lowest BCUT2D eigenvalue weighted by Gasteiger charge is -2.25. The van der Waals surface area contributed by atoms with Crippen LogP contribution in [0, 0.1) is 0 Å². The fourth-order valence-corrected chi connectivity index (χ4v) is 4.95.